The normalized spacial score (nSPS) is 11.0. The zero-order valence-corrected chi connectivity index (χ0v) is 15.9. The van der Waals surface area contributed by atoms with E-state index < -0.39 is 0 Å². The quantitative estimate of drug-likeness (QED) is 0.498. The van der Waals surface area contributed by atoms with Crippen molar-refractivity contribution in [1.82, 2.24) is 9.72 Å². The molecule has 146 valence electrons. The van der Waals surface area contributed by atoms with Gasteiger partial charge in [0.05, 0.1) is 36.0 Å². The van der Waals surface area contributed by atoms with Crippen LogP contribution < -0.4 is 10.1 Å². The minimum atomic E-state index is -0.337. The highest BCUT2D eigenvalue weighted by Gasteiger charge is 2.22. The van der Waals surface area contributed by atoms with Crippen molar-refractivity contribution in [2.45, 2.75) is 0 Å². The summed E-state index contributed by atoms with van der Waals surface area (Å²) in [5.74, 6) is 0.0375. The second-order valence-electron chi connectivity index (χ2n) is 6.60. The maximum atomic E-state index is 13.4. The first-order valence-corrected chi connectivity index (χ1v) is 9.25. The number of aliphatic hydroxyl groups is 1. The van der Waals surface area contributed by atoms with Gasteiger partial charge in [0, 0.05) is 12.1 Å². The maximum absolute atomic E-state index is 13.4. The van der Waals surface area contributed by atoms with Crippen LogP contribution in [0.1, 0.15) is 26.4 Å². The number of fused-ring (bicyclic) bond motifs is 3. The number of pyridine rings is 1. The number of nitrogens with one attached hydrogen (secondary N) is 1. The topological polar surface area (TPSA) is 80.0 Å². The van der Waals surface area contributed by atoms with Crippen molar-refractivity contribution in [2.24, 2.45) is 0 Å². The van der Waals surface area contributed by atoms with E-state index in [1.165, 1.54) is 0 Å². The number of carbonyl (C=O) groups excluding carboxylic acids is 2. The molecule has 4 rings (SSSR count). The lowest BCUT2D eigenvalue weighted by atomic mass is 10.1. The Morgan fingerprint density at radius 2 is 1.83 bits per heavy atom. The molecule has 0 aliphatic carbocycles. The molecule has 29 heavy (non-hydrogen) atoms. The van der Waals surface area contributed by atoms with Crippen molar-refractivity contribution >= 4 is 28.1 Å². The highest BCUT2D eigenvalue weighted by Crippen LogP contribution is 2.26. The smallest absolute Gasteiger partial charge is 0.253 e. The van der Waals surface area contributed by atoms with E-state index in [9.17, 15) is 9.59 Å². The first-order chi connectivity index (χ1) is 14.1. The molecule has 0 spiro atoms. The van der Waals surface area contributed by atoms with Gasteiger partial charge in [0.2, 0.25) is 5.78 Å². The zero-order valence-electron chi connectivity index (χ0n) is 15.9. The number of ketones is 1. The van der Waals surface area contributed by atoms with Gasteiger partial charge in [0.1, 0.15) is 5.75 Å². The Morgan fingerprint density at radius 3 is 2.62 bits per heavy atom. The molecular formula is C23H20N2O4. The maximum Gasteiger partial charge on any atom is 0.253 e. The molecule has 2 aromatic heterocycles. The average molecular weight is 388 g/mol. The number of methoxy groups -OCH3 is 1. The highest BCUT2D eigenvalue weighted by atomic mass is 16.5. The Labute approximate surface area is 167 Å². The van der Waals surface area contributed by atoms with Gasteiger partial charge in [-0.05, 0) is 35.7 Å². The third-order valence-corrected chi connectivity index (χ3v) is 4.84. The second kappa shape index (κ2) is 7.77. The molecule has 0 radical (unpaired) electrons. The molecule has 2 heterocycles. The fourth-order valence-corrected chi connectivity index (χ4v) is 3.48. The number of amides is 1. The Balaban J connectivity index is 1.95. The van der Waals surface area contributed by atoms with E-state index in [0.717, 1.165) is 10.9 Å². The first-order valence-electron chi connectivity index (χ1n) is 9.25. The summed E-state index contributed by atoms with van der Waals surface area (Å²) < 4.78 is 7.05. The van der Waals surface area contributed by atoms with E-state index in [1.807, 2.05) is 40.8 Å². The SMILES string of the molecule is COc1cccc(C(=O)c2cc(C(=O)NCCO)c3ccc4ccccc4n23)c1. The van der Waals surface area contributed by atoms with Crippen molar-refractivity contribution in [3.8, 4) is 5.75 Å². The lowest BCUT2D eigenvalue weighted by Crippen LogP contribution is -2.26. The molecule has 0 bridgehead atoms. The molecular weight excluding hydrogens is 368 g/mol. The van der Waals surface area contributed by atoms with Gasteiger partial charge < -0.3 is 19.6 Å². The summed E-state index contributed by atoms with van der Waals surface area (Å²) in [6.45, 7) is -0.0149. The number of nitrogens with zero attached hydrogens (tertiary/aromatic N) is 1. The highest BCUT2D eigenvalue weighted by molar-refractivity contribution is 6.13. The van der Waals surface area contributed by atoms with Crippen LogP contribution in [0, 0.1) is 0 Å². The minimum Gasteiger partial charge on any atom is -0.497 e. The van der Waals surface area contributed by atoms with Crippen LogP contribution in [0.25, 0.3) is 16.4 Å². The summed E-state index contributed by atoms with van der Waals surface area (Å²) >= 11 is 0. The molecule has 0 saturated carbocycles. The standard InChI is InChI=1S/C23H20N2O4/c1-29-17-7-4-6-16(13-17)22(27)21-14-18(23(28)24-11-12-26)20-10-9-15-5-2-3-8-19(15)25(20)21/h2-10,13-14,26H,11-12H2,1H3,(H,24,28). The van der Waals surface area contributed by atoms with E-state index in [-0.39, 0.29) is 24.8 Å². The summed E-state index contributed by atoms with van der Waals surface area (Å²) in [6, 6.07) is 20.0. The van der Waals surface area contributed by atoms with Crippen LogP contribution >= 0.6 is 0 Å². The lowest BCUT2D eigenvalue weighted by Gasteiger charge is -2.08. The van der Waals surface area contributed by atoms with Crippen molar-refractivity contribution in [1.29, 1.82) is 0 Å². The third-order valence-electron chi connectivity index (χ3n) is 4.84. The number of rotatable bonds is 6. The van der Waals surface area contributed by atoms with Crippen LogP contribution in [-0.4, -0.2) is 41.5 Å². The number of para-hydroxylation sites is 1. The summed E-state index contributed by atoms with van der Waals surface area (Å²) in [6.07, 6.45) is 0. The molecule has 6 heteroatoms. The summed E-state index contributed by atoms with van der Waals surface area (Å²) in [4.78, 5) is 26.0. The summed E-state index contributed by atoms with van der Waals surface area (Å²) in [5, 5.41) is 12.6. The summed E-state index contributed by atoms with van der Waals surface area (Å²) in [5.41, 5.74) is 2.71. The second-order valence-corrected chi connectivity index (χ2v) is 6.60. The third kappa shape index (κ3) is 3.34. The van der Waals surface area contributed by atoms with E-state index in [2.05, 4.69) is 5.32 Å². The molecule has 0 fully saturated rings. The van der Waals surface area contributed by atoms with Gasteiger partial charge in [-0.3, -0.25) is 9.59 Å². The predicted molar refractivity (Wildman–Crippen MR) is 111 cm³/mol. The van der Waals surface area contributed by atoms with Crippen molar-refractivity contribution in [3.63, 3.8) is 0 Å². The van der Waals surface area contributed by atoms with Gasteiger partial charge in [0.25, 0.3) is 5.91 Å². The number of aliphatic hydroxyl groups excluding tert-OH is 1. The molecule has 1 amide bonds. The van der Waals surface area contributed by atoms with Gasteiger partial charge in [0.15, 0.2) is 0 Å². The molecule has 6 nitrogen and oxygen atoms in total. The van der Waals surface area contributed by atoms with Gasteiger partial charge in [-0.1, -0.05) is 36.4 Å². The van der Waals surface area contributed by atoms with Gasteiger partial charge >= 0.3 is 0 Å². The van der Waals surface area contributed by atoms with Gasteiger partial charge in [-0.2, -0.15) is 0 Å². The zero-order chi connectivity index (χ0) is 20.4. The van der Waals surface area contributed by atoms with Crippen molar-refractivity contribution < 1.29 is 19.4 Å². The largest absolute Gasteiger partial charge is 0.497 e. The summed E-state index contributed by atoms with van der Waals surface area (Å²) in [7, 11) is 1.55. The van der Waals surface area contributed by atoms with Gasteiger partial charge in [-0.25, -0.2) is 0 Å². The number of hydrogen-bond donors (Lipinski definition) is 2. The van der Waals surface area contributed by atoms with Crippen LogP contribution in [0.3, 0.4) is 0 Å². The fourth-order valence-electron chi connectivity index (χ4n) is 3.48. The fraction of sp³-hybridized carbons (Fsp3) is 0.130. The first kappa shape index (κ1) is 18.7. The number of carbonyl (C=O) groups is 2. The van der Waals surface area contributed by atoms with E-state index in [1.54, 1.807) is 37.4 Å². The molecule has 0 atom stereocenters. The van der Waals surface area contributed by atoms with Crippen LogP contribution in [0.15, 0.2) is 66.7 Å². The molecule has 2 aromatic carbocycles. The minimum absolute atomic E-state index is 0.142. The Hall–Kier alpha value is -3.64. The van der Waals surface area contributed by atoms with Crippen LogP contribution in [-0.2, 0) is 0 Å². The molecule has 0 aliphatic rings. The number of ether oxygens (including phenoxy) is 1. The molecule has 4 aromatic rings. The Bertz CT molecular complexity index is 1230. The number of hydrogen-bond acceptors (Lipinski definition) is 4. The van der Waals surface area contributed by atoms with Crippen molar-refractivity contribution in [2.75, 3.05) is 20.3 Å². The Kier molecular flexibility index (Phi) is 5.01. The number of benzene rings is 2. The van der Waals surface area contributed by atoms with Crippen LogP contribution in [0.2, 0.25) is 0 Å². The molecule has 0 unspecified atom stereocenters. The van der Waals surface area contributed by atoms with Crippen LogP contribution in [0.5, 0.6) is 5.75 Å². The monoisotopic (exact) mass is 388 g/mol. The van der Waals surface area contributed by atoms with Crippen molar-refractivity contribution in [3.05, 3.63) is 83.6 Å². The van der Waals surface area contributed by atoms with E-state index >= 15 is 0 Å². The predicted octanol–water partition coefficient (Wildman–Crippen LogP) is 3.05. The number of aromatic nitrogens is 1. The average Bonchev–Trinajstić information content (AvgIpc) is 3.17. The van der Waals surface area contributed by atoms with E-state index in [4.69, 9.17) is 9.84 Å². The van der Waals surface area contributed by atoms with Gasteiger partial charge in [-0.15, -0.1) is 0 Å². The molecule has 0 saturated heterocycles. The lowest BCUT2D eigenvalue weighted by molar-refractivity contribution is 0.0946. The van der Waals surface area contributed by atoms with Crippen LogP contribution in [0.4, 0.5) is 0 Å². The Morgan fingerprint density at radius 1 is 1.00 bits per heavy atom. The molecule has 0 aliphatic heterocycles. The molecule has 2 N–H and O–H groups in total. The van der Waals surface area contributed by atoms with E-state index in [0.29, 0.717) is 28.1 Å².